The smallest absolute Gasteiger partial charge is 0.256 e. The van der Waals surface area contributed by atoms with E-state index in [1.807, 2.05) is 84.9 Å². The fourth-order valence-electron chi connectivity index (χ4n) is 3.52. The van der Waals surface area contributed by atoms with Gasteiger partial charge in [-0.2, -0.15) is 0 Å². The Hall–Kier alpha value is -3.50. The summed E-state index contributed by atoms with van der Waals surface area (Å²) in [6.07, 6.45) is 0. The van der Waals surface area contributed by atoms with Crippen molar-refractivity contribution in [3.05, 3.63) is 108 Å². The lowest BCUT2D eigenvalue weighted by Gasteiger charge is -2.10. The van der Waals surface area contributed by atoms with Gasteiger partial charge in [0, 0.05) is 33.2 Å². The summed E-state index contributed by atoms with van der Waals surface area (Å²) in [6, 6.07) is 31.7. The molecule has 1 N–H and O–H groups in total. The Morgan fingerprint density at radius 3 is 2.40 bits per heavy atom. The predicted octanol–water partition coefficient (Wildman–Crippen LogP) is 7.13. The molecule has 0 saturated heterocycles. The highest BCUT2D eigenvalue weighted by atomic mass is 32.2. The number of rotatable bonds is 5. The van der Waals surface area contributed by atoms with Crippen molar-refractivity contribution in [2.45, 2.75) is 10.6 Å². The molecule has 30 heavy (non-hydrogen) atoms. The number of benzene rings is 4. The molecular weight excluding hydrogens is 390 g/mol. The minimum Gasteiger partial charge on any atom is -0.456 e. The van der Waals surface area contributed by atoms with Gasteiger partial charge in [-0.3, -0.25) is 4.79 Å². The molecule has 1 aromatic heterocycles. The third-order valence-corrected chi connectivity index (χ3v) is 6.15. The summed E-state index contributed by atoms with van der Waals surface area (Å²) in [5.41, 5.74) is 4.23. The summed E-state index contributed by atoms with van der Waals surface area (Å²) >= 11 is 1.67. The van der Waals surface area contributed by atoms with Crippen molar-refractivity contribution < 1.29 is 9.21 Å². The number of hydrogen-bond acceptors (Lipinski definition) is 3. The molecule has 0 aliphatic heterocycles. The van der Waals surface area contributed by atoms with Crippen molar-refractivity contribution in [1.29, 1.82) is 0 Å². The van der Waals surface area contributed by atoms with Crippen molar-refractivity contribution in [3.8, 4) is 0 Å². The number of hydrogen-bond donors (Lipinski definition) is 1. The second-order valence-corrected chi connectivity index (χ2v) is 8.05. The van der Waals surface area contributed by atoms with Gasteiger partial charge in [-0.05, 0) is 35.9 Å². The minimum absolute atomic E-state index is 0.123. The topological polar surface area (TPSA) is 42.2 Å². The number of carbonyl (C=O) groups excluding carboxylic acids is 1. The lowest BCUT2D eigenvalue weighted by atomic mass is 10.1. The Balaban J connectivity index is 1.38. The van der Waals surface area contributed by atoms with Gasteiger partial charge in [0.1, 0.15) is 11.2 Å². The lowest BCUT2D eigenvalue weighted by Crippen LogP contribution is -2.12. The van der Waals surface area contributed by atoms with E-state index in [4.69, 9.17) is 4.42 Å². The van der Waals surface area contributed by atoms with E-state index < -0.39 is 0 Å². The summed E-state index contributed by atoms with van der Waals surface area (Å²) < 4.78 is 5.94. The van der Waals surface area contributed by atoms with Gasteiger partial charge in [0.15, 0.2) is 0 Å². The van der Waals surface area contributed by atoms with Crippen LogP contribution >= 0.6 is 11.8 Å². The average Bonchev–Trinajstić information content (AvgIpc) is 3.16. The maximum Gasteiger partial charge on any atom is 0.256 e. The molecule has 5 aromatic rings. The first-order valence-electron chi connectivity index (χ1n) is 9.76. The molecule has 0 fully saturated rings. The van der Waals surface area contributed by atoms with Crippen LogP contribution in [0.4, 0.5) is 5.69 Å². The second-order valence-electron chi connectivity index (χ2n) is 7.03. The van der Waals surface area contributed by atoms with Crippen molar-refractivity contribution in [1.82, 2.24) is 0 Å². The molecular formula is C26H19NO2S. The van der Waals surface area contributed by atoms with Crippen molar-refractivity contribution in [2.75, 3.05) is 5.32 Å². The van der Waals surface area contributed by atoms with Crippen LogP contribution in [0.3, 0.4) is 0 Å². The third-order valence-electron chi connectivity index (χ3n) is 5.01. The molecule has 0 aliphatic rings. The van der Waals surface area contributed by atoms with Crippen LogP contribution in [0.2, 0.25) is 0 Å². The zero-order valence-electron chi connectivity index (χ0n) is 16.2. The van der Waals surface area contributed by atoms with Crippen LogP contribution in [0.15, 0.2) is 106 Å². The van der Waals surface area contributed by atoms with Crippen molar-refractivity contribution in [2.24, 2.45) is 0 Å². The molecule has 146 valence electrons. The summed E-state index contributed by atoms with van der Waals surface area (Å²) in [7, 11) is 0. The summed E-state index contributed by atoms with van der Waals surface area (Å²) in [5, 5.41) is 5.14. The minimum atomic E-state index is -0.123. The van der Waals surface area contributed by atoms with Crippen LogP contribution in [-0.2, 0) is 5.75 Å². The highest BCUT2D eigenvalue weighted by Gasteiger charge is 2.13. The standard InChI is InChI=1S/C26H19NO2S/c28-26(22-11-5-7-13-25(22)30-17-18-8-2-1-3-9-18)27-19-14-15-21-20-10-4-6-12-23(20)29-24(21)16-19/h1-16H,17H2,(H,27,28). The Bertz CT molecular complexity index is 1340. The summed E-state index contributed by atoms with van der Waals surface area (Å²) in [6.45, 7) is 0. The molecule has 4 heteroatoms. The lowest BCUT2D eigenvalue weighted by molar-refractivity contribution is 0.102. The highest BCUT2D eigenvalue weighted by Crippen LogP contribution is 2.31. The highest BCUT2D eigenvalue weighted by molar-refractivity contribution is 7.98. The van der Waals surface area contributed by atoms with E-state index in [1.54, 1.807) is 11.8 Å². The molecule has 1 heterocycles. The van der Waals surface area contributed by atoms with Gasteiger partial charge in [0.05, 0.1) is 5.56 Å². The van der Waals surface area contributed by atoms with Crippen LogP contribution in [0.1, 0.15) is 15.9 Å². The van der Waals surface area contributed by atoms with E-state index in [9.17, 15) is 4.79 Å². The average molecular weight is 410 g/mol. The number of fused-ring (bicyclic) bond motifs is 3. The van der Waals surface area contributed by atoms with Crippen LogP contribution in [0.25, 0.3) is 21.9 Å². The first-order valence-corrected chi connectivity index (χ1v) is 10.7. The molecule has 5 rings (SSSR count). The number of carbonyl (C=O) groups is 1. The van der Waals surface area contributed by atoms with Crippen LogP contribution in [-0.4, -0.2) is 5.91 Å². The van der Waals surface area contributed by atoms with E-state index >= 15 is 0 Å². The summed E-state index contributed by atoms with van der Waals surface area (Å²) in [5.74, 6) is 0.692. The molecule has 0 saturated carbocycles. The van der Waals surface area contributed by atoms with E-state index in [1.165, 1.54) is 5.56 Å². The summed E-state index contributed by atoms with van der Waals surface area (Å²) in [4.78, 5) is 14.0. The SMILES string of the molecule is O=C(Nc1ccc2c(c1)oc1ccccc12)c1ccccc1SCc1ccccc1. The molecule has 4 aromatic carbocycles. The Morgan fingerprint density at radius 2 is 1.50 bits per heavy atom. The number of thioether (sulfide) groups is 1. The number of amides is 1. The molecule has 1 amide bonds. The fourth-order valence-corrected chi connectivity index (χ4v) is 4.52. The van der Waals surface area contributed by atoms with Crippen LogP contribution in [0, 0.1) is 0 Å². The quantitative estimate of drug-likeness (QED) is 0.314. The monoisotopic (exact) mass is 409 g/mol. The zero-order chi connectivity index (χ0) is 20.3. The number of nitrogens with one attached hydrogen (secondary N) is 1. The normalized spacial score (nSPS) is 11.1. The third kappa shape index (κ3) is 3.70. The molecule has 3 nitrogen and oxygen atoms in total. The van der Waals surface area contributed by atoms with Gasteiger partial charge in [-0.1, -0.05) is 60.7 Å². The van der Waals surface area contributed by atoms with Gasteiger partial charge in [0.2, 0.25) is 0 Å². The van der Waals surface area contributed by atoms with Crippen molar-refractivity contribution >= 4 is 45.3 Å². The van der Waals surface area contributed by atoms with E-state index in [2.05, 4.69) is 17.4 Å². The van der Waals surface area contributed by atoms with Gasteiger partial charge in [0.25, 0.3) is 5.91 Å². The Labute approximate surface area is 178 Å². The van der Waals surface area contributed by atoms with E-state index in [0.717, 1.165) is 38.3 Å². The second kappa shape index (κ2) is 8.09. The Morgan fingerprint density at radius 1 is 0.767 bits per heavy atom. The fraction of sp³-hybridized carbons (Fsp3) is 0.0385. The first-order chi connectivity index (χ1) is 14.8. The first kappa shape index (κ1) is 18.5. The molecule has 0 spiro atoms. The molecule has 0 aliphatic carbocycles. The molecule has 0 radical (unpaired) electrons. The largest absolute Gasteiger partial charge is 0.456 e. The van der Waals surface area contributed by atoms with Gasteiger partial charge in [-0.25, -0.2) is 0 Å². The van der Waals surface area contributed by atoms with Gasteiger partial charge in [-0.15, -0.1) is 11.8 Å². The van der Waals surface area contributed by atoms with Gasteiger partial charge >= 0.3 is 0 Å². The van der Waals surface area contributed by atoms with E-state index in [0.29, 0.717) is 5.56 Å². The van der Waals surface area contributed by atoms with Gasteiger partial charge < -0.3 is 9.73 Å². The maximum atomic E-state index is 13.0. The van der Waals surface area contributed by atoms with E-state index in [-0.39, 0.29) is 5.91 Å². The predicted molar refractivity (Wildman–Crippen MR) is 124 cm³/mol. The maximum absolute atomic E-state index is 13.0. The number of para-hydroxylation sites is 1. The van der Waals surface area contributed by atoms with Crippen LogP contribution < -0.4 is 5.32 Å². The molecule has 0 unspecified atom stereocenters. The van der Waals surface area contributed by atoms with Crippen LogP contribution in [0.5, 0.6) is 0 Å². The zero-order valence-corrected chi connectivity index (χ0v) is 17.0. The number of furan rings is 1. The molecule has 0 bridgehead atoms. The number of anilines is 1. The Kier molecular flexibility index (Phi) is 4.99. The molecule has 0 atom stereocenters. The van der Waals surface area contributed by atoms with Crippen molar-refractivity contribution in [3.63, 3.8) is 0 Å².